The van der Waals surface area contributed by atoms with Gasteiger partial charge in [0.15, 0.2) is 0 Å². The highest BCUT2D eigenvalue weighted by Gasteiger charge is 2.29. The number of imidazole rings is 1. The SMILES string of the molecule is CC(C(=O)N1CCC(CO)C1)n1cnc2ccccc21. The number of benzene rings is 1. The molecule has 1 fully saturated rings. The number of carbonyl (C=O) groups is 1. The van der Waals surface area contributed by atoms with Crippen LogP contribution in [0.4, 0.5) is 0 Å². The third-order valence-electron chi connectivity index (χ3n) is 4.11. The van der Waals surface area contributed by atoms with E-state index < -0.39 is 0 Å². The van der Waals surface area contributed by atoms with E-state index >= 15 is 0 Å². The van der Waals surface area contributed by atoms with Gasteiger partial charge >= 0.3 is 0 Å². The summed E-state index contributed by atoms with van der Waals surface area (Å²) in [7, 11) is 0. The maximum absolute atomic E-state index is 12.5. The van der Waals surface area contributed by atoms with Crippen molar-refractivity contribution in [2.45, 2.75) is 19.4 Å². The third-order valence-corrected chi connectivity index (χ3v) is 4.11. The van der Waals surface area contributed by atoms with Crippen molar-refractivity contribution in [1.29, 1.82) is 0 Å². The number of likely N-dealkylation sites (tertiary alicyclic amines) is 1. The summed E-state index contributed by atoms with van der Waals surface area (Å²) in [5.74, 6) is 0.329. The molecule has 106 valence electrons. The van der Waals surface area contributed by atoms with Crippen LogP contribution in [0.2, 0.25) is 0 Å². The molecule has 0 radical (unpaired) electrons. The molecular weight excluding hydrogens is 254 g/mol. The van der Waals surface area contributed by atoms with Crippen molar-refractivity contribution < 1.29 is 9.90 Å². The minimum atomic E-state index is -0.264. The zero-order valence-corrected chi connectivity index (χ0v) is 11.6. The molecule has 1 amide bonds. The van der Waals surface area contributed by atoms with Crippen LogP contribution in [0.3, 0.4) is 0 Å². The Balaban J connectivity index is 1.82. The van der Waals surface area contributed by atoms with Crippen molar-refractivity contribution in [2.24, 2.45) is 5.92 Å². The third kappa shape index (κ3) is 2.18. The van der Waals surface area contributed by atoms with E-state index in [9.17, 15) is 9.90 Å². The number of aromatic nitrogens is 2. The molecule has 0 bridgehead atoms. The van der Waals surface area contributed by atoms with Crippen LogP contribution in [0.15, 0.2) is 30.6 Å². The lowest BCUT2D eigenvalue weighted by atomic mass is 10.1. The minimum absolute atomic E-state index is 0.101. The fourth-order valence-corrected chi connectivity index (χ4v) is 2.85. The number of amides is 1. The predicted octanol–water partition coefficient (Wildman–Crippen LogP) is 1.44. The lowest BCUT2D eigenvalue weighted by Crippen LogP contribution is -2.34. The number of para-hydroxylation sites is 2. The molecule has 2 aromatic rings. The highest BCUT2D eigenvalue weighted by atomic mass is 16.3. The van der Waals surface area contributed by atoms with E-state index in [1.807, 2.05) is 40.7 Å². The fraction of sp³-hybridized carbons (Fsp3) is 0.467. The summed E-state index contributed by atoms with van der Waals surface area (Å²) in [4.78, 5) is 18.7. The van der Waals surface area contributed by atoms with E-state index in [1.165, 1.54) is 0 Å². The minimum Gasteiger partial charge on any atom is -0.396 e. The molecule has 2 heterocycles. The second-order valence-corrected chi connectivity index (χ2v) is 5.44. The van der Waals surface area contributed by atoms with E-state index in [4.69, 9.17) is 0 Å². The van der Waals surface area contributed by atoms with Gasteiger partial charge in [0, 0.05) is 25.6 Å². The molecule has 2 unspecified atom stereocenters. The second kappa shape index (κ2) is 5.25. The Morgan fingerprint density at radius 3 is 3.05 bits per heavy atom. The van der Waals surface area contributed by atoms with Gasteiger partial charge < -0.3 is 14.6 Å². The number of hydrogen-bond donors (Lipinski definition) is 1. The van der Waals surface area contributed by atoms with Crippen molar-refractivity contribution >= 4 is 16.9 Å². The molecule has 1 aromatic heterocycles. The first-order valence-electron chi connectivity index (χ1n) is 7.02. The second-order valence-electron chi connectivity index (χ2n) is 5.44. The number of hydrogen-bond acceptors (Lipinski definition) is 3. The molecule has 1 aliphatic heterocycles. The maximum atomic E-state index is 12.5. The first kappa shape index (κ1) is 13.1. The van der Waals surface area contributed by atoms with Crippen molar-refractivity contribution in [3.05, 3.63) is 30.6 Å². The molecule has 3 rings (SSSR count). The number of aliphatic hydroxyl groups is 1. The molecular formula is C15H19N3O2. The predicted molar refractivity (Wildman–Crippen MR) is 76.2 cm³/mol. The standard InChI is InChI=1S/C15H19N3O2/c1-11(15(20)17-7-6-12(8-17)9-19)18-10-16-13-4-2-3-5-14(13)18/h2-5,10-12,19H,6-9H2,1H3. The van der Waals surface area contributed by atoms with Crippen LogP contribution in [0.5, 0.6) is 0 Å². The van der Waals surface area contributed by atoms with Gasteiger partial charge in [-0.1, -0.05) is 12.1 Å². The van der Waals surface area contributed by atoms with E-state index in [0.29, 0.717) is 6.54 Å². The Kier molecular flexibility index (Phi) is 3.44. The first-order valence-corrected chi connectivity index (χ1v) is 7.02. The average molecular weight is 273 g/mol. The Morgan fingerprint density at radius 2 is 2.30 bits per heavy atom. The largest absolute Gasteiger partial charge is 0.396 e. The quantitative estimate of drug-likeness (QED) is 0.920. The number of nitrogens with zero attached hydrogens (tertiary/aromatic N) is 3. The molecule has 0 saturated carbocycles. The molecule has 0 aliphatic carbocycles. The molecule has 2 atom stereocenters. The first-order chi connectivity index (χ1) is 9.70. The molecule has 1 saturated heterocycles. The zero-order chi connectivity index (χ0) is 14.1. The molecule has 1 N–H and O–H groups in total. The monoisotopic (exact) mass is 273 g/mol. The highest BCUT2D eigenvalue weighted by Crippen LogP contribution is 2.22. The smallest absolute Gasteiger partial charge is 0.245 e. The number of aliphatic hydroxyl groups excluding tert-OH is 1. The fourth-order valence-electron chi connectivity index (χ4n) is 2.85. The van der Waals surface area contributed by atoms with Crippen LogP contribution < -0.4 is 0 Å². The van der Waals surface area contributed by atoms with Gasteiger partial charge in [-0.25, -0.2) is 4.98 Å². The van der Waals surface area contributed by atoms with Gasteiger partial charge in [0.25, 0.3) is 0 Å². The topological polar surface area (TPSA) is 58.4 Å². The van der Waals surface area contributed by atoms with Gasteiger partial charge in [-0.2, -0.15) is 0 Å². The Bertz CT molecular complexity index is 622. The normalized spacial score (nSPS) is 20.5. The van der Waals surface area contributed by atoms with Crippen LogP contribution in [0, 0.1) is 5.92 Å². The van der Waals surface area contributed by atoms with Gasteiger partial charge in [-0.15, -0.1) is 0 Å². The van der Waals surface area contributed by atoms with Crippen LogP contribution in [-0.2, 0) is 4.79 Å². The van der Waals surface area contributed by atoms with Crippen molar-refractivity contribution in [2.75, 3.05) is 19.7 Å². The van der Waals surface area contributed by atoms with Crippen LogP contribution in [0.25, 0.3) is 11.0 Å². The van der Waals surface area contributed by atoms with Crippen molar-refractivity contribution in [1.82, 2.24) is 14.5 Å². The van der Waals surface area contributed by atoms with Crippen molar-refractivity contribution in [3.63, 3.8) is 0 Å². The lowest BCUT2D eigenvalue weighted by molar-refractivity contribution is -0.133. The van der Waals surface area contributed by atoms with Crippen molar-refractivity contribution in [3.8, 4) is 0 Å². The Hall–Kier alpha value is -1.88. The summed E-state index contributed by atoms with van der Waals surface area (Å²) in [6, 6.07) is 7.56. The van der Waals surface area contributed by atoms with E-state index in [2.05, 4.69) is 4.98 Å². The molecule has 5 nitrogen and oxygen atoms in total. The highest BCUT2D eigenvalue weighted by molar-refractivity contribution is 5.83. The summed E-state index contributed by atoms with van der Waals surface area (Å²) < 4.78 is 1.92. The molecule has 5 heteroatoms. The lowest BCUT2D eigenvalue weighted by Gasteiger charge is -2.22. The molecule has 0 spiro atoms. The number of fused-ring (bicyclic) bond motifs is 1. The van der Waals surface area contributed by atoms with Crippen LogP contribution in [-0.4, -0.2) is 45.2 Å². The van der Waals surface area contributed by atoms with E-state index in [-0.39, 0.29) is 24.5 Å². The molecule has 1 aliphatic rings. The summed E-state index contributed by atoms with van der Waals surface area (Å²) in [6.45, 7) is 3.46. The zero-order valence-electron chi connectivity index (χ0n) is 11.6. The molecule has 20 heavy (non-hydrogen) atoms. The summed E-state index contributed by atoms with van der Waals surface area (Å²) in [5, 5.41) is 9.18. The number of carbonyl (C=O) groups excluding carboxylic acids is 1. The Morgan fingerprint density at radius 1 is 1.50 bits per heavy atom. The van der Waals surface area contributed by atoms with Gasteiger partial charge in [-0.3, -0.25) is 4.79 Å². The van der Waals surface area contributed by atoms with Gasteiger partial charge in [0.05, 0.1) is 17.4 Å². The summed E-state index contributed by atoms with van der Waals surface area (Å²) >= 11 is 0. The van der Waals surface area contributed by atoms with Gasteiger partial charge in [0.1, 0.15) is 6.04 Å². The van der Waals surface area contributed by atoms with Gasteiger partial charge in [-0.05, 0) is 25.5 Å². The van der Waals surface area contributed by atoms with Gasteiger partial charge in [0.2, 0.25) is 5.91 Å². The van der Waals surface area contributed by atoms with E-state index in [1.54, 1.807) is 6.33 Å². The summed E-state index contributed by atoms with van der Waals surface area (Å²) in [5.41, 5.74) is 1.88. The van der Waals surface area contributed by atoms with Crippen LogP contribution >= 0.6 is 0 Å². The Labute approximate surface area is 117 Å². The van der Waals surface area contributed by atoms with E-state index in [0.717, 1.165) is 24.0 Å². The average Bonchev–Trinajstić information content (AvgIpc) is 3.12. The maximum Gasteiger partial charge on any atom is 0.245 e. The number of rotatable bonds is 3. The van der Waals surface area contributed by atoms with Crippen LogP contribution in [0.1, 0.15) is 19.4 Å². The summed E-state index contributed by atoms with van der Waals surface area (Å²) in [6.07, 6.45) is 2.62. The molecule has 1 aromatic carbocycles.